The summed E-state index contributed by atoms with van der Waals surface area (Å²) in [4.78, 5) is 2.12. The van der Waals surface area contributed by atoms with Gasteiger partial charge in [-0.3, -0.25) is 0 Å². The van der Waals surface area contributed by atoms with Gasteiger partial charge in [0.05, 0.1) is 11.7 Å². The summed E-state index contributed by atoms with van der Waals surface area (Å²) in [5, 5.41) is 14.9. The average molecular weight is 309 g/mol. The van der Waals surface area contributed by atoms with Crippen LogP contribution in [0.5, 0.6) is 0 Å². The van der Waals surface area contributed by atoms with Crippen LogP contribution in [0.2, 0.25) is 0 Å². The third-order valence-corrected chi connectivity index (χ3v) is 3.93. The maximum atomic E-state index is 10.7. The number of benzene rings is 1. The number of hydrogen-bond donors (Lipinski definition) is 1. The quantitative estimate of drug-likeness (QED) is 0.947. The summed E-state index contributed by atoms with van der Waals surface area (Å²) in [6.45, 7) is 0.875. The lowest BCUT2D eigenvalue weighted by atomic mass is 9.83. The van der Waals surface area contributed by atoms with Crippen molar-refractivity contribution in [1.82, 2.24) is 10.1 Å². The van der Waals surface area contributed by atoms with Crippen LogP contribution in [0, 0.1) is 5.92 Å². The Bertz CT molecular complexity index is 583. The zero-order valence-corrected chi connectivity index (χ0v) is 13.1. The molecule has 0 fully saturated rings. The summed E-state index contributed by atoms with van der Waals surface area (Å²) >= 11 is 0. The maximum absolute atomic E-state index is 10.7. The van der Waals surface area contributed by atoms with Crippen molar-refractivity contribution in [2.24, 2.45) is 5.92 Å². The van der Waals surface area contributed by atoms with E-state index in [4.69, 9.17) is 4.52 Å². The van der Waals surface area contributed by atoms with Crippen molar-refractivity contribution in [2.75, 3.05) is 20.6 Å². The van der Waals surface area contributed by atoms with Crippen molar-refractivity contribution in [2.45, 2.75) is 18.9 Å². The van der Waals surface area contributed by atoms with E-state index in [0.29, 0.717) is 0 Å². The molecule has 0 unspecified atom stereocenters. The Labute approximate surface area is 131 Å². The van der Waals surface area contributed by atoms with Crippen LogP contribution in [0.15, 0.2) is 34.9 Å². The predicted molar refractivity (Wildman–Crippen MR) is 84.5 cm³/mol. The van der Waals surface area contributed by atoms with Crippen LogP contribution in [-0.4, -0.2) is 35.8 Å². The van der Waals surface area contributed by atoms with Crippen LogP contribution in [0.4, 0.5) is 0 Å². The fraction of sp³-hybridized carbons (Fsp3) is 0.438. The highest BCUT2D eigenvalue weighted by atomic mass is 35.5. The van der Waals surface area contributed by atoms with Gasteiger partial charge in [-0.15, -0.1) is 12.4 Å². The number of aliphatic hydroxyl groups is 1. The maximum Gasteiger partial charge on any atom is 0.143 e. The second kappa shape index (κ2) is 6.60. The van der Waals surface area contributed by atoms with Gasteiger partial charge in [-0.1, -0.05) is 35.5 Å². The van der Waals surface area contributed by atoms with Crippen LogP contribution >= 0.6 is 12.4 Å². The average Bonchev–Trinajstić information content (AvgIpc) is 2.87. The fourth-order valence-electron chi connectivity index (χ4n) is 2.99. The molecule has 0 radical (unpaired) electrons. The summed E-state index contributed by atoms with van der Waals surface area (Å²) in [6, 6.07) is 9.92. The first-order chi connectivity index (χ1) is 9.66. The lowest BCUT2D eigenvalue weighted by Gasteiger charge is -2.29. The molecule has 21 heavy (non-hydrogen) atoms. The SMILES string of the molecule is CN(C)C[C@H]1CCc2onc(-c3ccccc3)c2[C@@H]1O.Cl. The molecule has 0 saturated heterocycles. The van der Waals surface area contributed by atoms with Crippen LogP contribution < -0.4 is 0 Å². The molecule has 3 rings (SSSR count). The Morgan fingerprint density at radius 3 is 2.67 bits per heavy atom. The zero-order chi connectivity index (χ0) is 14.1. The third kappa shape index (κ3) is 3.12. The molecule has 0 saturated carbocycles. The van der Waals surface area contributed by atoms with Gasteiger partial charge < -0.3 is 14.5 Å². The van der Waals surface area contributed by atoms with Gasteiger partial charge in [0, 0.05) is 24.4 Å². The molecule has 0 amide bonds. The number of halogens is 1. The molecular formula is C16H21ClN2O2. The predicted octanol–water partition coefficient (Wildman–Crippen LogP) is 2.92. The van der Waals surface area contributed by atoms with Gasteiger partial charge >= 0.3 is 0 Å². The normalized spacial score (nSPS) is 21.0. The van der Waals surface area contributed by atoms with Crippen molar-refractivity contribution in [3.05, 3.63) is 41.7 Å². The van der Waals surface area contributed by atoms with Crippen LogP contribution in [0.1, 0.15) is 23.8 Å². The number of nitrogens with zero attached hydrogens (tertiary/aromatic N) is 2. The molecule has 1 aliphatic rings. The van der Waals surface area contributed by atoms with Gasteiger partial charge in [0.2, 0.25) is 0 Å². The lowest BCUT2D eigenvalue weighted by molar-refractivity contribution is 0.0734. The zero-order valence-electron chi connectivity index (χ0n) is 12.3. The summed E-state index contributed by atoms with van der Waals surface area (Å²) in [5.41, 5.74) is 2.67. The molecule has 0 spiro atoms. The van der Waals surface area contributed by atoms with Gasteiger partial charge in [0.1, 0.15) is 11.5 Å². The van der Waals surface area contributed by atoms with Crippen LogP contribution in [0.3, 0.4) is 0 Å². The van der Waals surface area contributed by atoms with E-state index in [9.17, 15) is 5.11 Å². The van der Waals surface area contributed by atoms with Gasteiger partial charge in [-0.05, 0) is 20.5 Å². The first-order valence-corrected chi connectivity index (χ1v) is 7.03. The number of hydrogen-bond acceptors (Lipinski definition) is 4. The Kier molecular flexibility index (Phi) is 5.04. The fourth-order valence-corrected chi connectivity index (χ4v) is 2.99. The Morgan fingerprint density at radius 2 is 2.00 bits per heavy atom. The molecule has 114 valence electrons. The Hall–Kier alpha value is -1.36. The minimum absolute atomic E-state index is 0. The standard InChI is InChI=1S/C16H20N2O2.ClH/c1-18(2)10-12-8-9-13-14(16(12)19)15(17-20-13)11-6-4-3-5-7-11;/h3-7,12,16,19H,8-10H2,1-2H3;1H/t12-,16-;/m1./s1. The molecule has 1 aliphatic carbocycles. The minimum atomic E-state index is -0.498. The highest BCUT2D eigenvalue weighted by Gasteiger charge is 2.34. The summed E-state index contributed by atoms with van der Waals surface area (Å²) in [5.74, 6) is 1.07. The lowest BCUT2D eigenvalue weighted by Crippen LogP contribution is -2.30. The minimum Gasteiger partial charge on any atom is -0.388 e. The molecule has 0 aliphatic heterocycles. The number of aliphatic hydroxyl groups excluding tert-OH is 1. The molecule has 4 nitrogen and oxygen atoms in total. The van der Waals surface area contributed by atoms with Crippen molar-refractivity contribution >= 4 is 12.4 Å². The van der Waals surface area contributed by atoms with E-state index in [1.165, 1.54) is 0 Å². The van der Waals surface area contributed by atoms with Gasteiger partial charge in [0.25, 0.3) is 0 Å². The Morgan fingerprint density at radius 1 is 1.29 bits per heavy atom. The van der Waals surface area contributed by atoms with E-state index in [-0.39, 0.29) is 18.3 Å². The molecule has 1 aromatic heterocycles. The smallest absolute Gasteiger partial charge is 0.143 e. The monoisotopic (exact) mass is 308 g/mol. The summed E-state index contributed by atoms with van der Waals surface area (Å²) in [7, 11) is 4.07. The van der Waals surface area contributed by atoms with Gasteiger partial charge in [0.15, 0.2) is 0 Å². The second-order valence-electron chi connectivity index (χ2n) is 5.74. The van der Waals surface area contributed by atoms with Crippen LogP contribution in [-0.2, 0) is 6.42 Å². The molecule has 1 heterocycles. The first-order valence-electron chi connectivity index (χ1n) is 7.03. The topological polar surface area (TPSA) is 49.5 Å². The van der Waals surface area contributed by atoms with Crippen molar-refractivity contribution in [3.63, 3.8) is 0 Å². The molecule has 2 aromatic rings. The van der Waals surface area contributed by atoms with Gasteiger partial charge in [-0.2, -0.15) is 0 Å². The highest BCUT2D eigenvalue weighted by Crippen LogP contribution is 2.40. The number of fused-ring (bicyclic) bond motifs is 1. The van der Waals surface area contributed by atoms with E-state index in [2.05, 4.69) is 10.1 Å². The number of rotatable bonds is 3. The second-order valence-corrected chi connectivity index (χ2v) is 5.74. The van der Waals surface area contributed by atoms with E-state index >= 15 is 0 Å². The first kappa shape index (κ1) is 16.0. The van der Waals surface area contributed by atoms with E-state index in [0.717, 1.165) is 42.0 Å². The molecular weight excluding hydrogens is 288 g/mol. The summed E-state index contributed by atoms with van der Waals surface area (Å²) < 4.78 is 5.44. The van der Waals surface area contributed by atoms with E-state index in [1.54, 1.807) is 0 Å². The van der Waals surface area contributed by atoms with Crippen molar-refractivity contribution in [3.8, 4) is 11.3 Å². The van der Waals surface area contributed by atoms with E-state index < -0.39 is 6.10 Å². The molecule has 5 heteroatoms. The van der Waals surface area contributed by atoms with Crippen molar-refractivity contribution in [1.29, 1.82) is 0 Å². The molecule has 2 atom stereocenters. The van der Waals surface area contributed by atoms with Gasteiger partial charge in [-0.25, -0.2) is 0 Å². The molecule has 1 N–H and O–H groups in total. The third-order valence-electron chi connectivity index (χ3n) is 3.93. The number of aromatic nitrogens is 1. The van der Waals surface area contributed by atoms with Crippen molar-refractivity contribution < 1.29 is 9.63 Å². The largest absolute Gasteiger partial charge is 0.388 e. The number of aryl methyl sites for hydroxylation is 1. The van der Waals surface area contributed by atoms with Crippen LogP contribution in [0.25, 0.3) is 11.3 Å². The molecule has 0 bridgehead atoms. The highest BCUT2D eigenvalue weighted by molar-refractivity contribution is 5.85. The summed E-state index contributed by atoms with van der Waals surface area (Å²) in [6.07, 6.45) is 1.29. The van der Waals surface area contributed by atoms with E-state index in [1.807, 2.05) is 44.4 Å². The molecule has 1 aromatic carbocycles. The Balaban J connectivity index is 0.00000161.